The SMILES string of the molecule is COc1cc(S(=O)(=O)Nc2ccccc2F)ccc1N. The van der Waals surface area contributed by atoms with E-state index in [0.29, 0.717) is 5.69 Å². The summed E-state index contributed by atoms with van der Waals surface area (Å²) in [4.78, 5) is -0.0631. The molecule has 106 valence electrons. The van der Waals surface area contributed by atoms with Crippen LogP contribution in [-0.2, 0) is 10.0 Å². The molecule has 0 radical (unpaired) electrons. The van der Waals surface area contributed by atoms with Crippen LogP contribution in [0.25, 0.3) is 0 Å². The Kier molecular flexibility index (Phi) is 3.80. The number of ether oxygens (including phenoxy) is 1. The molecule has 5 nitrogen and oxygen atoms in total. The number of sulfonamides is 1. The summed E-state index contributed by atoms with van der Waals surface area (Å²) in [6.07, 6.45) is 0. The van der Waals surface area contributed by atoms with E-state index < -0.39 is 15.8 Å². The lowest BCUT2D eigenvalue weighted by atomic mass is 10.3. The Bertz CT molecular complexity index is 732. The van der Waals surface area contributed by atoms with Gasteiger partial charge in [0.25, 0.3) is 10.0 Å². The van der Waals surface area contributed by atoms with E-state index in [-0.39, 0.29) is 16.3 Å². The number of nitrogens with two attached hydrogens (primary N) is 1. The fourth-order valence-electron chi connectivity index (χ4n) is 1.61. The molecule has 7 heteroatoms. The first-order chi connectivity index (χ1) is 9.44. The number of methoxy groups -OCH3 is 1. The van der Waals surface area contributed by atoms with Gasteiger partial charge in [0.15, 0.2) is 0 Å². The number of nitrogens with one attached hydrogen (secondary N) is 1. The van der Waals surface area contributed by atoms with E-state index in [1.165, 1.54) is 49.6 Å². The minimum Gasteiger partial charge on any atom is -0.495 e. The third-order valence-corrected chi connectivity index (χ3v) is 4.00. The molecule has 0 heterocycles. The highest BCUT2D eigenvalue weighted by Crippen LogP contribution is 2.26. The van der Waals surface area contributed by atoms with Crippen LogP contribution in [0.1, 0.15) is 0 Å². The van der Waals surface area contributed by atoms with Crippen molar-refractivity contribution in [3.8, 4) is 5.75 Å². The smallest absolute Gasteiger partial charge is 0.262 e. The number of hydrogen-bond acceptors (Lipinski definition) is 4. The first kappa shape index (κ1) is 14.1. The van der Waals surface area contributed by atoms with Gasteiger partial charge in [0, 0.05) is 6.07 Å². The third-order valence-electron chi connectivity index (χ3n) is 2.63. The minimum atomic E-state index is -3.91. The van der Waals surface area contributed by atoms with Gasteiger partial charge in [-0.3, -0.25) is 4.72 Å². The molecular weight excluding hydrogens is 283 g/mol. The van der Waals surface area contributed by atoms with Crippen molar-refractivity contribution in [1.29, 1.82) is 0 Å². The molecule has 2 aromatic carbocycles. The second kappa shape index (κ2) is 5.38. The van der Waals surface area contributed by atoms with Crippen molar-refractivity contribution in [2.75, 3.05) is 17.6 Å². The molecule has 0 spiro atoms. The van der Waals surface area contributed by atoms with Crippen LogP contribution in [0.4, 0.5) is 15.8 Å². The monoisotopic (exact) mass is 296 g/mol. The van der Waals surface area contributed by atoms with Crippen LogP contribution in [0.15, 0.2) is 47.4 Å². The average molecular weight is 296 g/mol. The van der Waals surface area contributed by atoms with Crippen LogP contribution in [0.2, 0.25) is 0 Å². The van der Waals surface area contributed by atoms with Crippen molar-refractivity contribution in [2.45, 2.75) is 4.90 Å². The van der Waals surface area contributed by atoms with E-state index >= 15 is 0 Å². The predicted molar refractivity (Wildman–Crippen MR) is 74.6 cm³/mol. The molecule has 0 atom stereocenters. The van der Waals surface area contributed by atoms with Gasteiger partial charge in [-0.25, -0.2) is 12.8 Å². The number of anilines is 2. The molecule has 0 amide bonds. The Balaban J connectivity index is 2.38. The zero-order valence-corrected chi connectivity index (χ0v) is 11.4. The second-order valence-electron chi connectivity index (χ2n) is 3.99. The third kappa shape index (κ3) is 2.83. The highest BCUT2D eigenvalue weighted by Gasteiger charge is 2.17. The van der Waals surface area contributed by atoms with Crippen molar-refractivity contribution in [3.63, 3.8) is 0 Å². The summed E-state index contributed by atoms with van der Waals surface area (Å²) in [5.41, 5.74) is 5.81. The van der Waals surface area contributed by atoms with Gasteiger partial charge < -0.3 is 10.5 Å². The number of rotatable bonds is 4. The summed E-state index contributed by atoms with van der Waals surface area (Å²) in [7, 11) is -2.53. The standard InChI is InChI=1S/C13H13FN2O3S/c1-19-13-8-9(6-7-11(13)15)20(17,18)16-12-5-3-2-4-10(12)14/h2-8,16H,15H2,1H3. The molecule has 20 heavy (non-hydrogen) atoms. The zero-order valence-electron chi connectivity index (χ0n) is 10.6. The lowest BCUT2D eigenvalue weighted by Crippen LogP contribution is -2.14. The molecule has 3 N–H and O–H groups in total. The fraction of sp³-hybridized carbons (Fsp3) is 0.0769. The van der Waals surface area contributed by atoms with E-state index in [1.54, 1.807) is 0 Å². The van der Waals surface area contributed by atoms with Gasteiger partial charge in [0.2, 0.25) is 0 Å². The van der Waals surface area contributed by atoms with Crippen molar-refractivity contribution >= 4 is 21.4 Å². The number of halogens is 1. The van der Waals surface area contributed by atoms with Crippen LogP contribution >= 0.6 is 0 Å². The van der Waals surface area contributed by atoms with Gasteiger partial charge in [-0.1, -0.05) is 12.1 Å². The van der Waals surface area contributed by atoms with Crippen LogP contribution in [-0.4, -0.2) is 15.5 Å². The number of para-hydroxylation sites is 1. The maximum Gasteiger partial charge on any atom is 0.262 e. The highest BCUT2D eigenvalue weighted by molar-refractivity contribution is 7.92. The van der Waals surface area contributed by atoms with Crippen molar-refractivity contribution in [1.82, 2.24) is 0 Å². The van der Waals surface area contributed by atoms with Gasteiger partial charge in [-0.2, -0.15) is 0 Å². The maximum atomic E-state index is 13.5. The topological polar surface area (TPSA) is 81.4 Å². The molecule has 0 saturated heterocycles. The van der Waals surface area contributed by atoms with Crippen molar-refractivity contribution in [3.05, 3.63) is 48.3 Å². The minimum absolute atomic E-state index is 0.0631. The summed E-state index contributed by atoms with van der Waals surface area (Å²) in [5.74, 6) is -0.417. The zero-order chi connectivity index (χ0) is 14.8. The van der Waals surface area contributed by atoms with E-state index in [9.17, 15) is 12.8 Å². The number of nitrogen functional groups attached to an aromatic ring is 1. The summed E-state index contributed by atoms with van der Waals surface area (Å²) in [5, 5.41) is 0. The predicted octanol–water partition coefficient (Wildman–Crippen LogP) is 2.22. The molecule has 0 fully saturated rings. The van der Waals surface area contributed by atoms with Crippen LogP contribution < -0.4 is 15.2 Å². The summed E-state index contributed by atoms with van der Waals surface area (Å²) in [6, 6.07) is 9.51. The molecule has 2 aromatic rings. The Labute approximate surface area is 116 Å². The molecule has 0 unspecified atom stereocenters. The van der Waals surface area contributed by atoms with Gasteiger partial charge in [-0.05, 0) is 24.3 Å². The Morgan fingerprint density at radius 3 is 2.55 bits per heavy atom. The lowest BCUT2D eigenvalue weighted by molar-refractivity contribution is 0.415. The number of benzene rings is 2. The Morgan fingerprint density at radius 2 is 1.90 bits per heavy atom. The quantitative estimate of drug-likeness (QED) is 0.848. The normalized spacial score (nSPS) is 11.1. The molecule has 0 aliphatic rings. The van der Waals surface area contributed by atoms with Crippen LogP contribution in [0, 0.1) is 5.82 Å². The molecule has 0 aliphatic carbocycles. The largest absolute Gasteiger partial charge is 0.495 e. The van der Waals surface area contributed by atoms with Crippen LogP contribution in [0.5, 0.6) is 5.75 Å². The van der Waals surface area contributed by atoms with Gasteiger partial charge >= 0.3 is 0 Å². The van der Waals surface area contributed by atoms with Crippen LogP contribution in [0.3, 0.4) is 0 Å². The van der Waals surface area contributed by atoms with Crippen molar-refractivity contribution < 1.29 is 17.5 Å². The van der Waals surface area contributed by atoms with Crippen molar-refractivity contribution in [2.24, 2.45) is 0 Å². The second-order valence-corrected chi connectivity index (χ2v) is 5.67. The molecule has 0 aliphatic heterocycles. The fourth-order valence-corrected chi connectivity index (χ4v) is 2.69. The van der Waals surface area contributed by atoms with Gasteiger partial charge in [0.05, 0.1) is 23.4 Å². The first-order valence-corrected chi connectivity index (χ1v) is 7.13. The van der Waals surface area contributed by atoms with Gasteiger partial charge in [-0.15, -0.1) is 0 Å². The van der Waals surface area contributed by atoms with E-state index in [4.69, 9.17) is 10.5 Å². The summed E-state index contributed by atoms with van der Waals surface area (Å²) >= 11 is 0. The highest BCUT2D eigenvalue weighted by atomic mass is 32.2. The Hall–Kier alpha value is -2.28. The molecular formula is C13H13FN2O3S. The van der Waals surface area contributed by atoms with Gasteiger partial charge in [0.1, 0.15) is 11.6 Å². The summed E-state index contributed by atoms with van der Waals surface area (Å²) in [6.45, 7) is 0. The molecule has 2 rings (SSSR count). The lowest BCUT2D eigenvalue weighted by Gasteiger charge is -2.11. The Morgan fingerprint density at radius 1 is 1.20 bits per heavy atom. The molecule has 0 saturated carbocycles. The van der Waals surface area contributed by atoms with E-state index in [2.05, 4.69) is 4.72 Å². The van der Waals surface area contributed by atoms with E-state index in [0.717, 1.165) is 0 Å². The molecule has 0 aromatic heterocycles. The first-order valence-electron chi connectivity index (χ1n) is 5.65. The van der Waals surface area contributed by atoms with E-state index in [1.807, 2.05) is 0 Å². The maximum absolute atomic E-state index is 13.5. The average Bonchev–Trinajstić information content (AvgIpc) is 2.41. The molecule has 0 bridgehead atoms. The summed E-state index contributed by atoms with van der Waals surface area (Å²) < 4.78 is 44.9. The number of hydrogen-bond donors (Lipinski definition) is 2.